The first kappa shape index (κ1) is 15.5. The van der Waals surface area contributed by atoms with Gasteiger partial charge in [-0.1, -0.05) is 56.3 Å². The Bertz CT molecular complexity index is 602. The van der Waals surface area contributed by atoms with Crippen molar-refractivity contribution in [3.8, 4) is 0 Å². The normalized spacial score (nSPS) is 12.6. The maximum Gasteiger partial charge on any atom is 0.275 e. The number of amides is 1. The van der Waals surface area contributed by atoms with Crippen LogP contribution in [0.3, 0.4) is 0 Å². The summed E-state index contributed by atoms with van der Waals surface area (Å²) in [5.74, 6) is 0.597. The minimum atomic E-state index is 0.107. The molecule has 1 amide bonds. The number of fused-ring (bicyclic) bond motifs is 1. The zero-order valence-corrected chi connectivity index (χ0v) is 13.1. The Morgan fingerprint density at radius 2 is 1.81 bits per heavy atom. The van der Waals surface area contributed by atoms with E-state index in [4.69, 9.17) is 0 Å². The Labute approximate surface area is 126 Å². The molecular weight excluding hydrogens is 260 g/mol. The Balaban J connectivity index is 1.99. The predicted molar refractivity (Wildman–Crippen MR) is 87.0 cm³/mol. The van der Waals surface area contributed by atoms with Crippen molar-refractivity contribution < 1.29 is 10.1 Å². The van der Waals surface area contributed by atoms with Gasteiger partial charge in [0.15, 0.2) is 6.54 Å². The van der Waals surface area contributed by atoms with Gasteiger partial charge in [0.2, 0.25) is 0 Å². The Kier molecular flexibility index (Phi) is 5.34. The van der Waals surface area contributed by atoms with Crippen LogP contribution in [0.15, 0.2) is 42.5 Å². The van der Waals surface area contributed by atoms with Gasteiger partial charge in [-0.15, -0.1) is 0 Å². The van der Waals surface area contributed by atoms with Gasteiger partial charge in [-0.05, 0) is 23.6 Å². The first-order chi connectivity index (χ1) is 10.1. The van der Waals surface area contributed by atoms with Crippen LogP contribution in [-0.4, -0.2) is 19.0 Å². The largest absolute Gasteiger partial charge is 0.351 e. The minimum absolute atomic E-state index is 0.107. The summed E-state index contributed by atoms with van der Waals surface area (Å²) in [5.41, 5.74) is 1.28. The molecule has 21 heavy (non-hydrogen) atoms. The highest BCUT2D eigenvalue weighted by Crippen LogP contribution is 2.21. The van der Waals surface area contributed by atoms with Gasteiger partial charge in [0.1, 0.15) is 6.04 Å². The van der Waals surface area contributed by atoms with Gasteiger partial charge in [0.25, 0.3) is 5.91 Å². The van der Waals surface area contributed by atoms with E-state index in [9.17, 15) is 4.79 Å². The van der Waals surface area contributed by atoms with Gasteiger partial charge >= 0.3 is 0 Å². The third-order valence-electron chi connectivity index (χ3n) is 3.68. The number of hydrogen-bond acceptors (Lipinski definition) is 1. The summed E-state index contributed by atoms with van der Waals surface area (Å²) in [6.45, 7) is 7.56. The van der Waals surface area contributed by atoms with Crippen molar-refractivity contribution in [2.45, 2.75) is 26.8 Å². The molecule has 0 radical (unpaired) electrons. The summed E-state index contributed by atoms with van der Waals surface area (Å²) in [6.07, 6.45) is 0. The van der Waals surface area contributed by atoms with Crippen LogP contribution in [0, 0.1) is 5.92 Å². The molecule has 0 saturated heterocycles. The van der Waals surface area contributed by atoms with Crippen LogP contribution in [-0.2, 0) is 4.79 Å². The number of carbonyl (C=O) groups is 1. The van der Waals surface area contributed by atoms with Crippen LogP contribution in [0.2, 0.25) is 0 Å². The monoisotopic (exact) mass is 285 g/mol. The number of carbonyl (C=O) groups excluding carboxylic acids is 1. The molecule has 0 spiro atoms. The van der Waals surface area contributed by atoms with Crippen LogP contribution in [0.5, 0.6) is 0 Å². The molecule has 3 heteroatoms. The summed E-state index contributed by atoms with van der Waals surface area (Å²) in [6, 6.07) is 15.0. The van der Waals surface area contributed by atoms with Crippen molar-refractivity contribution in [2.75, 3.05) is 13.1 Å². The molecule has 1 atom stereocenters. The number of nitrogens with one attached hydrogen (secondary N) is 1. The van der Waals surface area contributed by atoms with E-state index in [1.807, 2.05) is 0 Å². The number of rotatable bonds is 6. The van der Waals surface area contributed by atoms with Gasteiger partial charge in [-0.2, -0.15) is 0 Å². The van der Waals surface area contributed by atoms with E-state index >= 15 is 0 Å². The van der Waals surface area contributed by atoms with Crippen LogP contribution in [0.4, 0.5) is 0 Å². The smallest absolute Gasteiger partial charge is 0.275 e. The summed E-state index contributed by atoms with van der Waals surface area (Å²) >= 11 is 0. The lowest BCUT2D eigenvalue weighted by Crippen LogP contribution is -2.87. The van der Waals surface area contributed by atoms with E-state index in [2.05, 4.69) is 73.9 Å². The lowest BCUT2D eigenvalue weighted by atomic mass is 10.00. The highest BCUT2D eigenvalue weighted by atomic mass is 16.1. The molecule has 2 rings (SSSR count). The van der Waals surface area contributed by atoms with Gasteiger partial charge in [-0.25, -0.2) is 0 Å². The van der Waals surface area contributed by atoms with E-state index in [-0.39, 0.29) is 11.9 Å². The first-order valence-corrected chi connectivity index (χ1v) is 7.65. The van der Waals surface area contributed by atoms with Crippen molar-refractivity contribution >= 4 is 16.7 Å². The molecule has 0 aromatic heterocycles. The Morgan fingerprint density at radius 3 is 2.57 bits per heavy atom. The van der Waals surface area contributed by atoms with Crippen molar-refractivity contribution in [3.63, 3.8) is 0 Å². The van der Waals surface area contributed by atoms with E-state index in [1.54, 1.807) is 0 Å². The molecule has 3 N–H and O–H groups in total. The summed E-state index contributed by atoms with van der Waals surface area (Å²) in [7, 11) is 0. The average molecular weight is 285 g/mol. The zero-order valence-electron chi connectivity index (χ0n) is 13.1. The highest BCUT2D eigenvalue weighted by molar-refractivity contribution is 5.85. The molecule has 0 aliphatic heterocycles. The summed E-state index contributed by atoms with van der Waals surface area (Å²) in [5, 5.41) is 7.57. The van der Waals surface area contributed by atoms with Crippen LogP contribution in [0.25, 0.3) is 10.8 Å². The third-order valence-corrected chi connectivity index (χ3v) is 3.68. The number of quaternary nitrogens is 1. The fourth-order valence-corrected chi connectivity index (χ4v) is 2.45. The number of benzene rings is 2. The van der Waals surface area contributed by atoms with E-state index in [0.29, 0.717) is 12.5 Å². The van der Waals surface area contributed by atoms with E-state index in [1.165, 1.54) is 16.3 Å². The molecule has 0 aliphatic carbocycles. The Hall–Kier alpha value is -1.87. The maximum atomic E-state index is 11.8. The second-order valence-electron chi connectivity index (χ2n) is 5.99. The average Bonchev–Trinajstić information content (AvgIpc) is 2.50. The van der Waals surface area contributed by atoms with Crippen molar-refractivity contribution in [2.24, 2.45) is 5.92 Å². The SMILES string of the molecule is CC(C)CNC(=O)C[NH2+][C@@H](C)c1cccc2ccccc12. The van der Waals surface area contributed by atoms with Crippen LogP contribution in [0.1, 0.15) is 32.4 Å². The predicted octanol–water partition coefficient (Wildman–Crippen LogP) is 2.24. The second kappa shape index (κ2) is 7.23. The maximum absolute atomic E-state index is 11.8. The molecule has 0 heterocycles. The Morgan fingerprint density at radius 1 is 1.10 bits per heavy atom. The molecule has 0 aliphatic rings. The summed E-state index contributed by atoms with van der Waals surface area (Å²) in [4.78, 5) is 11.8. The zero-order chi connectivity index (χ0) is 15.2. The topological polar surface area (TPSA) is 45.7 Å². The fraction of sp³-hybridized carbons (Fsp3) is 0.389. The lowest BCUT2D eigenvalue weighted by molar-refractivity contribution is -0.682. The molecule has 0 unspecified atom stereocenters. The van der Waals surface area contributed by atoms with Crippen molar-refractivity contribution in [3.05, 3.63) is 48.0 Å². The van der Waals surface area contributed by atoms with E-state index < -0.39 is 0 Å². The molecule has 112 valence electrons. The van der Waals surface area contributed by atoms with Gasteiger partial charge in [0.05, 0.1) is 0 Å². The van der Waals surface area contributed by atoms with Gasteiger partial charge in [-0.3, -0.25) is 4.79 Å². The molecule has 2 aromatic rings. The van der Waals surface area contributed by atoms with Gasteiger partial charge < -0.3 is 10.6 Å². The molecule has 2 aromatic carbocycles. The molecule has 0 bridgehead atoms. The van der Waals surface area contributed by atoms with Crippen LogP contribution >= 0.6 is 0 Å². The molecule has 3 nitrogen and oxygen atoms in total. The lowest BCUT2D eigenvalue weighted by Gasteiger charge is -2.14. The van der Waals surface area contributed by atoms with Crippen LogP contribution < -0.4 is 10.6 Å². The number of hydrogen-bond donors (Lipinski definition) is 2. The number of nitrogens with two attached hydrogens (primary N) is 1. The molecule has 0 fully saturated rings. The van der Waals surface area contributed by atoms with Crippen molar-refractivity contribution in [1.82, 2.24) is 5.32 Å². The third kappa shape index (κ3) is 4.30. The second-order valence-corrected chi connectivity index (χ2v) is 5.99. The van der Waals surface area contributed by atoms with Gasteiger partial charge in [0, 0.05) is 12.1 Å². The standard InChI is InChI=1S/C18H24N2O/c1-13(2)11-20-18(21)12-19-14(3)16-10-6-8-15-7-4-5-9-17(15)16/h4-10,13-14,19H,11-12H2,1-3H3,(H,20,21)/p+1/t14-/m0/s1. The molecule has 0 saturated carbocycles. The molecular formula is C18H25N2O+. The fourth-order valence-electron chi connectivity index (χ4n) is 2.45. The summed E-state index contributed by atoms with van der Waals surface area (Å²) < 4.78 is 0. The quantitative estimate of drug-likeness (QED) is 0.840. The first-order valence-electron chi connectivity index (χ1n) is 7.65. The van der Waals surface area contributed by atoms with Crippen molar-refractivity contribution in [1.29, 1.82) is 0 Å². The van der Waals surface area contributed by atoms with E-state index in [0.717, 1.165) is 6.54 Å². The minimum Gasteiger partial charge on any atom is -0.351 e. The highest BCUT2D eigenvalue weighted by Gasteiger charge is 2.13.